The van der Waals surface area contributed by atoms with E-state index in [1.165, 1.54) is 43.8 Å². The molecule has 0 unspecified atom stereocenters. The lowest BCUT2D eigenvalue weighted by Gasteiger charge is -1.90. The molecule has 66 heavy (non-hydrogen) atoms. The van der Waals surface area contributed by atoms with E-state index >= 15 is 0 Å². The molecular formula is C48H77ClN14O2S. The van der Waals surface area contributed by atoms with Crippen molar-refractivity contribution in [1.82, 2.24) is 69.0 Å². The normalized spacial score (nSPS) is 9.97. The second kappa shape index (κ2) is 27.1. The second-order valence-electron chi connectivity index (χ2n) is 16.1. The van der Waals surface area contributed by atoms with E-state index in [1.807, 2.05) is 159 Å². The van der Waals surface area contributed by atoms with Crippen molar-refractivity contribution in [2.24, 2.45) is 35.2 Å². The fraction of sp³-hybridized carbons (Fsp3) is 0.521. The van der Waals surface area contributed by atoms with Gasteiger partial charge in [-0.3, -0.25) is 23.4 Å². The molecule has 18 heteroatoms. The van der Waals surface area contributed by atoms with E-state index in [0.717, 1.165) is 73.8 Å². The van der Waals surface area contributed by atoms with Gasteiger partial charge in [-0.2, -0.15) is 25.5 Å². The van der Waals surface area contributed by atoms with Crippen molar-refractivity contribution in [1.29, 1.82) is 0 Å². The van der Waals surface area contributed by atoms with Gasteiger partial charge in [-0.05, 0) is 149 Å². The minimum absolute atomic E-state index is 0.750. The first-order valence-electron chi connectivity index (χ1n) is 21.6. The molecule has 364 valence electrons. The zero-order valence-electron chi connectivity index (χ0n) is 44.5. The molecule has 0 bridgehead atoms. The molecule has 0 aromatic carbocycles. The Labute approximate surface area is 402 Å². The van der Waals surface area contributed by atoms with Crippen molar-refractivity contribution < 1.29 is 8.94 Å². The average Bonchev–Trinajstić information content (AvgIpc) is 4.10. The highest BCUT2D eigenvalue weighted by molar-refractivity contribution is 7.11. The number of thiazole rings is 1. The zero-order chi connectivity index (χ0) is 50.9. The highest BCUT2D eigenvalue weighted by Gasteiger charge is 2.05. The molecule has 0 atom stereocenters. The number of oxazole rings is 1. The van der Waals surface area contributed by atoms with Gasteiger partial charge in [0.2, 0.25) is 0 Å². The second-order valence-corrected chi connectivity index (χ2v) is 17.9. The molecule has 0 fully saturated rings. The van der Waals surface area contributed by atoms with Crippen LogP contribution in [0.1, 0.15) is 113 Å². The molecule has 16 nitrogen and oxygen atoms in total. The predicted molar refractivity (Wildman–Crippen MR) is 269 cm³/mol. The molecule has 8 rings (SSSR count). The lowest BCUT2D eigenvalue weighted by atomic mass is 10.2. The molecule has 0 N–H and O–H groups in total. The van der Waals surface area contributed by atoms with Gasteiger partial charge in [0, 0.05) is 69.7 Å². The SMILES string of the molecule is Cc1cc(C)n(C)n1.Cc1cnn(C)c1C.Cc1nc(C)c(C)o1.Cc1nc(C)c(C)s1.Cc1nc(C)n(C)n1.Cc1nn(C)c(C)c1C.Cc1nn(C)c(C)c1Cl.Cc1noc(C)c1C. The van der Waals surface area contributed by atoms with Crippen LogP contribution in [-0.4, -0.2) is 69.0 Å². The first-order valence-corrected chi connectivity index (χ1v) is 22.8. The molecule has 0 spiro atoms. The Morgan fingerprint density at radius 3 is 1.21 bits per heavy atom. The van der Waals surface area contributed by atoms with Crippen LogP contribution in [0.25, 0.3) is 0 Å². The predicted octanol–water partition coefficient (Wildman–Crippen LogP) is 10.8. The van der Waals surface area contributed by atoms with Gasteiger partial charge in [0.15, 0.2) is 5.89 Å². The van der Waals surface area contributed by atoms with E-state index < -0.39 is 0 Å². The highest BCUT2D eigenvalue weighted by atomic mass is 35.5. The van der Waals surface area contributed by atoms with Crippen molar-refractivity contribution in [3.05, 3.63) is 130 Å². The third kappa shape index (κ3) is 19.0. The zero-order valence-corrected chi connectivity index (χ0v) is 46.1. The van der Waals surface area contributed by atoms with E-state index in [1.54, 1.807) is 20.7 Å². The maximum Gasteiger partial charge on any atom is 0.191 e. The van der Waals surface area contributed by atoms with Crippen LogP contribution in [-0.2, 0) is 35.2 Å². The fourth-order valence-corrected chi connectivity index (χ4v) is 6.37. The topological polar surface area (TPSA) is 167 Å². The van der Waals surface area contributed by atoms with Crippen molar-refractivity contribution >= 4 is 22.9 Å². The Bertz CT molecular complexity index is 2260. The number of aromatic nitrogens is 14. The standard InChI is InChI=1S/C7H12N2.C6H9ClN2.2C6H10N2.2C6H9NO.C6H9NS.C5H9N3/c1-5-6(2)8-9(4)7(5)3;1-4-6(7)5(2)9(3)8-4;1-5-4-7-8(3)6(5)2;1-5-4-6(2)8(3)7-5;1-4-5(2)8-6(3)7-4;1-4-5(2)7-8-6(4)3;1-4-5(2)8-6(3)7-4;1-4-6-5(2)8(3)7-4/h1-4H3;1-3H3;2*4H,1-3H3;4*1-3H3. The third-order valence-electron chi connectivity index (χ3n) is 10.8. The van der Waals surface area contributed by atoms with E-state index in [2.05, 4.69) is 86.3 Å². The molecular weight excluding hydrogens is 872 g/mol. The van der Waals surface area contributed by atoms with Crippen LogP contribution < -0.4 is 0 Å². The molecule has 0 radical (unpaired) electrons. The third-order valence-corrected chi connectivity index (χ3v) is 12.3. The van der Waals surface area contributed by atoms with Crippen LogP contribution in [0.2, 0.25) is 5.02 Å². The summed E-state index contributed by atoms with van der Waals surface area (Å²) in [6, 6.07) is 2.06. The van der Waals surface area contributed by atoms with Crippen molar-refractivity contribution in [2.75, 3.05) is 0 Å². The van der Waals surface area contributed by atoms with Gasteiger partial charge in [0.1, 0.15) is 23.2 Å². The average molecular weight is 950 g/mol. The van der Waals surface area contributed by atoms with Gasteiger partial charge in [0.25, 0.3) is 0 Å². The molecule has 0 aliphatic heterocycles. The minimum atomic E-state index is 0.750. The Morgan fingerprint density at radius 1 is 0.515 bits per heavy atom. The molecule has 0 saturated heterocycles. The van der Waals surface area contributed by atoms with Gasteiger partial charge in [-0.25, -0.2) is 15.0 Å². The summed E-state index contributed by atoms with van der Waals surface area (Å²) in [6.07, 6.45) is 1.87. The molecule has 0 amide bonds. The lowest BCUT2D eigenvalue weighted by Crippen LogP contribution is -1.92. The summed E-state index contributed by atoms with van der Waals surface area (Å²) in [7, 11) is 9.63. The maximum atomic E-state index is 5.82. The van der Waals surface area contributed by atoms with Crippen molar-refractivity contribution in [2.45, 2.75) is 138 Å². The maximum absolute atomic E-state index is 5.82. The molecule has 8 aromatic heterocycles. The lowest BCUT2D eigenvalue weighted by molar-refractivity contribution is 0.392. The number of hydrogen-bond donors (Lipinski definition) is 0. The Hall–Kier alpha value is -5.68. The van der Waals surface area contributed by atoms with Crippen LogP contribution in [0.15, 0.2) is 21.2 Å². The summed E-state index contributed by atoms with van der Waals surface area (Å²) in [6.45, 7) is 39.7. The van der Waals surface area contributed by atoms with Gasteiger partial charge in [-0.15, -0.1) is 11.3 Å². The summed E-state index contributed by atoms with van der Waals surface area (Å²) in [5.74, 6) is 4.39. The van der Waals surface area contributed by atoms with E-state index in [4.69, 9.17) is 20.5 Å². The number of halogens is 1. The Morgan fingerprint density at radius 2 is 1.09 bits per heavy atom. The first kappa shape index (κ1) is 58.3. The van der Waals surface area contributed by atoms with Gasteiger partial charge >= 0.3 is 0 Å². The van der Waals surface area contributed by atoms with Crippen LogP contribution >= 0.6 is 22.9 Å². The van der Waals surface area contributed by atoms with Crippen molar-refractivity contribution in [3.8, 4) is 0 Å². The number of hydrogen-bond acceptors (Lipinski definition) is 12. The largest absolute Gasteiger partial charge is 0.446 e. The van der Waals surface area contributed by atoms with Crippen molar-refractivity contribution in [3.63, 3.8) is 0 Å². The smallest absolute Gasteiger partial charge is 0.191 e. The first-order chi connectivity index (χ1) is 30.5. The van der Waals surface area contributed by atoms with Gasteiger partial charge < -0.3 is 8.94 Å². The minimum Gasteiger partial charge on any atom is -0.446 e. The highest BCUT2D eigenvalue weighted by Crippen LogP contribution is 2.17. The molecule has 8 heterocycles. The van der Waals surface area contributed by atoms with Crippen LogP contribution in [0.4, 0.5) is 0 Å². The number of rotatable bonds is 0. The van der Waals surface area contributed by atoms with Crippen LogP contribution in [0, 0.1) is 138 Å². The summed E-state index contributed by atoms with van der Waals surface area (Å²) >= 11 is 7.57. The monoisotopic (exact) mass is 949 g/mol. The van der Waals surface area contributed by atoms with Gasteiger partial charge in [-0.1, -0.05) is 16.8 Å². The van der Waals surface area contributed by atoms with E-state index in [-0.39, 0.29) is 0 Å². The molecule has 8 aromatic rings. The number of nitrogens with zero attached hydrogens (tertiary/aromatic N) is 14. The number of aryl methyl sites for hydroxylation is 20. The summed E-state index contributed by atoms with van der Waals surface area (Å²) in [5, 5.41) is 26.2. The van der Waals surface area contributed by atoms with Crippen LogP contribution in [0.3, 0.4) is 0 Å². The summed E-state index contributed by atoms with van der Waals surface area (Å²) < 4.78 is 19.1. The van der Waals surface area contributed by atoms with Gasteiger partial charge in [0.05, 0.1) is 56.1 Å². The quantitative estimate of drug-likeness (QED) is 0.142. The van der Waals surface area contributed by atoms with Crippen LogP contribution in [0.5, 0.6) is 0 Å². The molecule has 0 aliphatic rings. The molecule has 0 saturated carbocycles. The van der Waals surface area contributed by atoms with E-state index in [9.17, 15) is 0 Å². The Balaban J connectivity index is 0.000000377. The fourth-order valence-electron chi connectivity index (χ4n) is 5.39. The summed E-state index contributed by atoms with van der Waals surface area (Å²) in [4.78, 5) is 13.7. The van der Waals surface area contributed by atoms with E-state index in [0.29, 0.717) is 0 Å². The Kier molecular flexibility index (Phi) is 23.9. The summed E-state index contributed by atoms with van der Waals surface area (Å²) in [5.41, 5.74) is 14.7. The molecule has 0 aliphatic carbocycles.